The fraction of sp³-hybridized carbons (Fsp3) is 0.263. The first kappa shape index (κ1) is 14.9. The average molecular weight is 371 g/mol. The molecule has 118 valence electrons. The summed E-state index contributed by atoms with van der Waals surface area (Å²) < 4.78 is 3.44. The second-order valence-electron chi connectivity index (χ2n) is 6.17. The zero-order chi connectivity index (χ0) is 15.8. The Morgan fingerprint density at radius 3 is 2.74 bits per heavy atom. The molecule has 1 aromatic heterocycles. The normalized spacial score (nSPS) is 20.1. The van der Waals surface area contributed by atoms with Crippen LogP contribution in [0.3, 0.4) is 0 Å². The fourth-order valence-electron chi connectivity index (χ4n) is 3.56. The van der Waals surface area contributed by atoms with E-state index in [4.69, 9.17) is 0 Å². The van der Waals surface area contributed by atoms with E-state index in [0.717, 1.165) is 17.6 Å². The molecule has 2 unspecified atom stereocenters. The van der Waals surface area contributed by atoms with Gasteiger partial charge in [-0.15, -0.1) is 0 Å². The van der Waals surface area contributed by atoms with Crippen molar-refractivity contribution in [3.05, 3.63) is 70.3 Å². The zero-order valence-corrected chi connectivity index (χ0v) is 14.3. The summed E-state index contributed by atoms with van der Waals surface area (Å²) in [5, 5.41) is 14.7. The van der Waals surface area contributed by atoms with E-state index in [0.29, 0.717) is 0 Å². The van der Waals surface area contributed by atoms with Crippen LogP contribution in [0, 0.1) is 5.92 Å². The van der Waals surface area contributed by atoms with Crippen molar-refractivity contribution < 1.29 is 5.11 Å². The van der Waals surface area contributed by atoms with Crippen LogP contribution in [-0.4, -0.2) is 16.3 Å². The van der Waals surface area contributed by atoms with E-state index in [1.165, 1.54) is 22.2 Å². The standard InChI is InChI=1S/C19H19BrN2O/c20-16-6-7-17-14(8-16)9-18-19(15(12-23)11-22(17)18)21-10-13-4-2-1-3-5-13/h1-9,15,19,21,23H,10-12H2. The van der Waals surface area contributed by atoms with Gasteiger partial charge in [0.25, 0.3) is 0 Å². The van der Waals surface area contributed by atoms with Crippen molar-refractivity contribution in [3.63, 3.8) is 0 Å². The van der Waals surface area contributed by atoms with Gasteiger partial charge in [0.15, 0.2) is 0 Å². The number of rotatable bonds is 4. The first-order chi connectivity index (χ1) is 11.3. The molecular weight excluding hydrogens is 352 g/mol. The largest absolute Gasteiger partial charge is 0.396 e. The van der Waals surface area contributed by atoms with Crippen LogP contribution >= 0.6 is 15.9 Å². The quantitative estimate of drug-likeness (QED) is 0.731. The van der Waals surface area contributed by atoms with E-state index in [1.807, 2.05) is 6.07 Å². The minimum atomic E-state index is 0.186. The van der Waals surface area contributed by atoms with Gasteiger partial charge < -0.3 is 15.0 Å². The van der Waals surface area contributed by atoms with Gasteiger partial charge in [0.2, 0.25) is 0 Å². The first-order valence-electron chi connectivity index (χ1n) is 7.93. The van der Waals surface area contributed by atoms with Crippen LogP contribution in [0.15, 0.2) is 59.1 Å². The minimum Gasteiger partial charge on any atom is -0.396 e. The number of halogens is 1. The second-order valence-corrected chi connectivity index (χ2v) is 7.09. The fourth-order valence-corrected chi connectivity index (χ4v) is 3.94. The Balaban J connectivity index is 1.65. The number of hydrogen-bond acceptors (Lipinski definition) is 2. The molecule has 1 aliphatic rings. The van der Waals surface area contributed by atoms with Crippen molar-refractivity contribution in [3.8, 4) is 0 Å². The molecular formula is C19H19BrN2O. The lowest BCUT2D eigenvalue weighted by atomic mass is 10.0. The maximum atomic E-state index is 9.78. The number of benzene rings is 2. The maximum absolute atomic E-state index is 9.78. The third-order valence-corrected chi connectivity index (χ3v) is 5.20. The van der Waals surface area contributed by atoms with Crippen LogP contribution in [0.1, 0.15) is 17.3 Å². The Labute approximate surface area is 144 Å². The molecule has 0 radical (unpaired) electrons. The Morgan fingerprint density at radius 1 is 1.13 bits per heavy atom. The van der Waals surface area contributed by atoms with E-state index in [1.54, 1.807) is 0 Å². The highest BCUT2D eigenvalue weighted by molar-refractivity contribution is 9.10. The van der Waals surface area contributed by atoms with Gasteiger partial charge in [0.05, 0.1) is 6.04 Å². The van der Waals surface area contributed by atoms with E-state index in [-0.39, 0.29) is 18.6 Å². The summed E-state index contributed by atoms with van der Waals surface area (Å²) in [6.07, 6.45) is 0. The Morgan fingerprint density at radius 2 is 1.96 bits per heavy atom. The lowest BCUT2D eigenvalue weighted by Gasteiger charge is -2.19. The summed E-state index contributed by atoms with van der Waals surface area (Å²) >= 11 is 3.54. The summed E-state index contributed by atoms with van der Waals surface area (Å²) in [5.41, 5.74) is 3.78. The molecule has 0 aliphatic carbocycles. The van der Waals surface area contributed by atoms with Crippen LogP contribution in [0.5, 0.6) is 0 Å². The molecule has 4 rings (SSSR count). The maximum Gasteiger partial charge on any atom is 0.0545 e. The number of aliphatic hydroxyl groups excluding tert-OH is 1. The summed E-state index contributed by atoms with van der Waals surface area (Å²) in [7, 11) is 0. The average Bonchev–Trinajstić information content (AvgIpc) is 3.08. The Hall–Kier alpha value is -1.62. The molecule has 2 N–H and O–H groups in total. The van der Waals surface area contributed by atoms with Gasteiger partial charge in [0.1, 0.15) is 0 Å². The summed E-state index contributed by atoms with van der Waals surface area (Å²) in [6, 6.07) is 19.2. The van der Waals surface area contributed by atoms with Crippen molar-refractivity contribution in [2.75, 3.05) is 6.61 Å². The highest BCUT2D eigenvalue weighted by Gasteiger charge is 2.33. The van der Waals surface area contributed by atoms with E-state index in [2.05, 4.69) is 74.3 Å². The van der Waals surface area contributed by atoms with Crippen molar-refractivity contribution in [1.82, 2.24) is 9.88 Å². The van der Waals surface area contributed by atoms with Gasteiger partial charge in [-0.3, -0.25) is 0 Å². The molecule has 3 nitrogen and oxygen atoms in total. The number of nitrogens with one attached hydrogen (secondary N) is 1. The monoisotopic (exact) mass is 370 g/mol. The SMILES string of the molecule is OCC1Cn2c(cc3cc(Br)ccc32)C1NCc1ccccc1. The Bertz CT molecular complexity index is 828. The molecule has 2 atom stereocenters. The molecule has 0 amide bonds. The van der Waals surface area contributed by atoms with Crippen molar-refractivity contribution in [1.29, 1.82) is 0 Å². The summed E-state index contributed by atoms with van der Waals surface area (Å²) in [5.74, 6) is 0.224. The molecule has 2 aromatic carbocycles. The molecule has 1 aliphatic heterocycles. The second kappa shape index (κ2) is 6.11. The molecule has 23 heavy (non-hydrogen) atoms. The number of nitrogens with zero attached hydrogens (tertiary/aromatic N) is 1. The van der Waals surface area contributed by atoms with E-state index < -0.39 is 0 Å². The highest BCUT2D eigenvalue weighted by atomic mass is 79.9. The number of hydrogen-bond donors (Lipinski definition) is 2. The van der Waals surface area contributed by atoms with E-state index in [9.17, 15) is 5.11 Å². The molecule has 0 bridgehead atoms. The number of aliphatic hydroxyl groups is 1. The van der Waals surface area contributed by atoms with Crippen LogP contribution in [0.2, 0.25) is 0 Å². The van der Waals surface area contributed by atoms with Crippen molar-refractivity contribution in [2.24, 2.45) is 5.92 Å². The lowest BCUT2D eigenvalue weighted by molar-refractivity contribution is 0.194. The molecule has 2 heterocycles. The Kier molecular flexibility index (Phi) is 3.97. The van der Waals surface area contributed by atoms with E-state index >= 15 is 0 Å². The topological polar surface area (TPSA) is 37.2 Å². The third kappa shape index (κ3) is 2.71. The van der Waals surface area contributed by atoms with Crippen LogP contribution in [-0.2, 0) is 13.1 Å². The number of fused-ring (bicyclic) bond motifs is 3. The number of aromatic nitrogens is 1. The van der Waals surface area contributed by atoms with Crippen molar-refractivity contribution in [2.45, 2.75) is 19.1 Å². The van der Waals surface area contributed by atoms with Gasteiger partial charge in [-0.1, -0.05) is 46.3 Å². The molecule has 0 fully saturated rings. The first-order valence-corrected chi connectivity index (χ1v) is 8.72. The van der Waals surface area contributed by atoms with Gasteiger partial charge in [-0.25, -0.2) is 0 Å². The molecule has 0 saturated carbocycles. The minimum absolute atomic E-state index is 0.186. The predicted octanol–water partition coefficient (Wildman–Crippen LogP) is 3.86. The molecule has 4 heteroatoms. The lowest BCUT2D eigenvalue weighted by Crippen LogP contribution is -2.27. The molecule has 3 aromatic rings. The third-order valence-electron chi connectivity index (χ3n) is 4.71. The van der Waals surface area contributed by atoms with Crippen LogP contribution in [0.4, 0.5) is 0 Å². The van der Waals surface area contributed by atoms with Gasteiger partial charge in [-0.05, 0) is 29.8 Å². The van der Waals surface area contributed by atoms with Crippen molar-refractivity contribution >= 4 is 26.8 Å². The molecule has 0 spiro atoms. The van der Waals surface area contributed by atoms with Gasteiger partial charge in [-0.2, -0.15) is 0 Å². The zero-order valence-electron chi connectivity index (χ0n) is 12.7. The van der Waals surface area contributed by atoms with Gasteiger partial charge in [0, 0.05) is 46.7 Å². The molecule has 0 saturated heterocycles. The van der Waals surface area contributed by atoms with Gasteiger partial charge >= 0.3 is 0 Å². The predicted molar refractivity (Wildman–Crippen MR) is 96.2 cm³/mol. The highest BCUT2D eigenvalue weighted by Crippen LogP contribution is 2.37. The summed E-state index contributed by atoms with van der Waals surface area (Å²) in [4.78, 5) is 0. The van der Waals surface area contributed by atoms with Crippen LogP contribution in [0.25, 0.3) is 10.9 Å². The van der Waals surface area contributed by atoms with Crippen LogP contribution < -0.4 is 5.32 Å². The summed E-state index contributed by atoms with van der Waals surface area (Å²) in [6.45, 7) is 1.88. The smallest absolute Gasteiger partial charge is 0.0545 e.